The van der Waals surface area contributed by atoms with Gasteiger partial charge in [-0.15, -0.1) is 0 Å². The van der Waals surface area contributed by atoms with Crippen LogP contribution in [0.15, 0.2) is 0 Å². The van der Waals surface area contributed by atoms with Crippen LogP contribution in [-0.4, -0.2) is 26.9 Å². The predicted molar refractivity (Wildman–Crippen MR) is 63.1 cm³/mol. The van der Waals surface area contributed by atoms with E-state index in [0.29, 0.717) is 0 Å². The average Bonchev–Trinajstić information content (AvgIpc) is 2.38. The van der Waals surface area contributed by atoms with E-state index in [1.165, 1.54) is 51.4 Å². The summed E-state index contributed by atoms with van der Waals surface area (Å²) >= 11 is 0. The average molecular weight is 214 g/mol. The lowest BCUT2D eigenvalue weighted by molar-refractivity contribution is 0.0473. The second-order valence-corrected chi connectivity index (χ2v) is 4.63. The van der Waals surface area contributed by atoms with Gasteiger partial charge in [0, 0.05) is 13.7 Å². The third-order valence-corrected chi connectivity index (χ3v) is 3.26. The molecule has 0 aromatic heterocycles. The van der Waals surface area contributed by atoms with Crippen LogP contribution in [0.5, 0.6) is 0 Å². The van der Waals surface area contributed by atoms with Crippen molar-refractivity contribution < 1.29 is 9.47 Å². The molecule has 90 valence electrons. The van der Waals surface area contributed by atoms with Gasteiger partial charge >= 0.3 is 0 Å². The van der Waals surface area contributed by atoms with Crippen molar-refractivity contribution in [2.24, 2.45) is 5.92 Å². The highest BCUT2D eigenvalue weighted by Gasteiger charge is 2.10. The van der Waals surface area contributed by atoms with E-state index in [1.54, 1.807) is 7.11 Å². The Labute approximate surface area is 94.3 Å². The van der Waals surface area contributed by atoms with Gasteiger partial charge in [-0.2, -0.15) is 0 Å². The molecule has 15 heavy (non-hydrogen) atoms. The standard InChI is InChI=1S/C13H26O2/c1-14-10-11-15-12-13-8-6-4-2-3-5-7-9-13/h13H,2-12H2,1H3. The molecule has 0 aliphatic heterocycles. The third-order valence-electron chi connectivity index (χ3n) is 3.26. The molecular weight excluding hydrogens is 188 g/mol. The molecule has 1 aliphatic rings. The topological polar surface area (TPSA) is 18.5 Å². The van der Waals surface area contributed by atoms with E-state index in [4.69, 9.17) is 9.47 Å². The van der Waals surface area contributed by atoms with Crippen molar-refractivity contribution in [1.82, 2.24) is 0 Å². The first-order chi connectivity index (χ1) is 7.43. The van der Waals surface area contributed by atoms with Crippen molar-refractivity contribution in [3.63, 3.8) is 0 Å². The Kier molecular flexibility index (Phi) is 7.94. The van der Waals surface area contributed by atoms with Crippen LogP contribution in [-0.2, 0) is 9.47 Å². The van der Waals surface area contributed by atoms with Gasteiger partial charge in [0.25, 0.3) is 0 Å². The molecule has 0 saturated heterocycles. The molecule has 1 aliphatic carbocycles. The van der Waals surface area contributed by atoms with Crippen LogP contribution in [0.25, 0.3) is 0 Å². The maximum atomic E-state index is 5.63. The quantitative estimate of drug-likeness (QED) is 0.653. The fourth-order valence-electron chi connectivity index (χ4n) is 2.28. The zero-order valence-corrected chi connectivity index (χ0v) is 10.2. The van der Waals surface area contributed by atoms with Gasteiger partial charge in [-0.05, 0) is 18.8 Å². The van der Waals surface area contributed by atoms with E-state index in [9.17, 15) is 0 Å². The minimum Gasteiger partial charge on any atom is -0.382 e. The maximum Gasteiger partial charge on any atom is 0.0700 e. The molecule has 0 heterocycles. The van der Waals surface area contributed by atoms with Gasteiger partial charge in [0.1, 0.15) is 0 Å². The minimum atomic E-state index is 0.729. The Morgan fingerprint density at radius 1 is 0.867 bits per heavy atom. The number of methoxy groups -OCH3 is 1. The number of hydrogen-bond acceptors (Lipinski definition) is 2. The van der Waals surface area contributed by atoms with Gasteiger partial charge in [0.15, 0.2) is 0 Å². The molecule has 0 bridgehead atoms. The molecule has 1 saturated carbocycles. The molecule has 0 amide bonds. The van der Waals surface area contributed by atoms with Crippen LogP contribution in [0, 0.1) is 5.92 Å². The summed E-state index contributed by atoms with van der Waals surface area (Å²) in [6.07, 6.45) is 11.3. The highest BCUT2D eigenvalue weighted by Crippen LogP contribution is 2.21. The van der Waals surface area contributed by atoms with Crippen LogP contribution in [0.1, 0.15) is 51.4 Å². The molecule has 0 radical (unpaired) electrons. The zero-order chi connectivity index (χ0) is 10.8. The predicted octanol–water partition coefficient (Wildman–Crippen LogP) is 3.40. The van der Waals surface area contributed by atoms with Crippen molar-refractivity contribution in [3.05, 3.63) is 0 Å². The second-order valence-electron chi connectivity index (χ2n) is 4.63. The van der Waals surface area contributed by atoms with Crippen molar-refractivity contribution in [2.75, 3.05) is 26.9 Å². The lowest BCUT2D eigenvalue weighted by Crippen LogP contribution is -2.12. The van der Waals surface area contributed by atoms with Gasteiger partial charge in [0.05, 0.1) is 13.2 Å². The maximum absolute atomic E-state index is 5.63. The van der Waals surface area contributed by atoms with Gasteiger partial charge in [-0.25, -0.2) is 0 Å². The molecular formula is C13H26O2. The first-order valence-electron chi connectivity index (χ1n) is 6.50. The Hall–Kier alpha value is -0.0800. The Morgan fingerprint density at radius 3 is 2.07 bits per heavy atom. The number of ether oxygens (including phenoxy) is 2. The molecule has 0 aromatic carbocycles. The molecule has 0 spiro atoms. The molecule has 0 N–H and O–H groups in total. The summed E-state index contributed by atoms with van der Waals surface area (Å²) in [5.41, 5.74) is 0. The molecule has 1 rings (SSSR count). The van der Waals surface area contributed by atoms with Crippen LogP contribution < -0.4 is 0 Å². The van der Waals surface area contributed by atoms with Crippen molar-refractivity contribution in [1.29, 1.82) is 0 Å². The first kappa shape index (κ1) is 13.0. The molecule has 0 aromatic rings. The molecule has 0 atom stereocenters. The van der Waals surface area contributed by atoms with E-state index in [1.807, 2.05) is 0 Å². The summed E-state index contributed by atoms with van der Waals surface area (Å²) < 4.78 is 10.6. The molecule has 2 heteroatoms. The van der Waals surface area contributed by atoms with Crippen LogP contribution in [0.2, 0.25) is 0 Å². The smallest absolute Gasteiger partial charge is 0.0700 e. The number of rotatable bonds is 5. The van der Waals surface area contributed by atoms with Crippen LogP contribution >= 0.6 is 0 Å². The summed E-state index contributed by atoms with van der Waals surface area (Å²) in [6, 6.07) is 0. The fraction of sp³-hybridized carbons (Fsp3) is 1.00. The van der Waals surface area contributed by atoms with E-state index < -0.39 is 0 Å². The van der Waals surface area contributed by atoms with Crippen LogP contribution in [0.4, 0.5) is 0 Å². The highest BCUT2D eigenvalue weighted by atomic mass is 16.5. The molecule has 0 unspecified atom stereocenters. The monoisotopic (exact) mass is 214 g/mol. The third kappa shape index (κ3) is 6.91. The normalized spacial score (nSPS) is 20.6. The lowest BCUT2D eigenvalue weighted by Gasteiger charge is -2.15. The largest absolute Gasteiger partial charge is 0.382 e. The van der Waals surface area contributed by atoms with Gasteiger partial charge in [0.2, 0.25) is 0 Å². The second kappa shape index (κ2) is 9.17. The summed E-state index contributed by atoms with van der Waals surface area (Å²) in [7, 11) is 1.73. The van der Waals surface area contributed by atoms with E-state index in [-0.39, 0.29) is 0 Å². The molecule has 2 nitrogen and oxygen atoms in total. The Morgan fingerprint density at radius 2 is 1.47 bits per heavy atom. The van der Waals surface area contributed by atoms with Crippen molar-refractivity contribution in [3.8, 4) is 0 Å². The Bertz CT molecular complexity index is 126. The number of hydrogen-bond donors (Lipinski definition) is 0. The van der Waals surface area contributed by atoms with E-state index in [2.05, 4.69) is 0 Å². The summed E-state index contributed by atoms with van der Waals surface area (Å²) in [5, 5.41) is 0. The van der Waals surface area contributed by atoms with Crippen molar-refractivity contribution in [2.45, 2.75) is 51.4 Å². The summed E-state index contributed by atoms with van der Waals surface area (Å²) in [4.78, 5) is 0. The summed E-state index contributed by atoms with van der Waals surface area (Å²) in [6.45, 7) is 2.43. The lowest BCUT2D eigenvalue weighted by atomic mass is 9.98. The van der Waals surface area contributed by atoms with Gasteiger partial charge in [-0.3, -0.25) is 0 Å². The first-order valence-corrected chi connectivity index (χ1v) is 6.50. The Balaban J connectivity index is 2.07. The minimum absolute atomic E-state index is 0.729. The van der Waals surface area contributed by atoms with E-state index >= 15 is 0 Å². The SMILES string of the molecule is COCCOCC1CCCCCCCC1. The summed E-state index contributed by atoms with van der Waals surface area (Å²) in [5.74, 6) is 0.806. The van der Waals surface area contributed by atoms with Crippen LogP contribution in [0.3, 0.4) is 0 Å². The van der Waals surface area contributed by atoms with Gasteiger partial charge in [-0.1, -0.05) is 38.5 Å². The fourth-order valence-corrected chi connectivity index (χ4v) is 2.28. The highest BCUT2D eigenvalue weighted by molar-refractivity contribution is 4.62. The molecule has 1 fully saturated rings. The van der Waals surface area contributed by atoms with Gasteiger partial charge < -0.3 is 9.47 Å². The van der Waals surface area contributed by atoms with Crippen molar-refractivity contribution >= 4 is 0 Å². The zero-order valence-electron chi connectivity index (χ0n) is 10.2. The van der Waals surface area contributed by atoms with E-state index in [0.717, 1.165) is 25.7 Å².